The van der Waals surface area contributed by atoms with Gasteiger partial charge in [-0.15, -0.1) is 0 Å². The Morgan fingerprint density at radius 1 is 0.560 bits per heavy atom. The van der Waals surface area contributed by atoms with Crippen LogP contribution < -0.4 is 0 Å². The quantitative estimate of drug-likeness (QED) is 0.479. The summed E-state index contributed by atoms with van der Waals surface area (Å²) in [6, 6.07) is 24.0. The van der Waals surface area contributed by atoms with Crippen LogP contribution >= 0.6 is 0 Å². The monoisotopic (exact) mass is 322 g/mol. The average molecular weight is 322 g/mol. The third kappa shape index (κ3) is 1.88. The molecule has 3 aromatic carbocycles. The Kier molecular flexibility index (Phi) is 2.83. The van der Waals surface area contributed by atoms with Crippen LogP contribution in [0.1, 0.15) is 27.0 Å². The molecule has 3 aromatic rings. The number of hydrogen-bond donors (Lipinski definition) is 1. The number of carbonyl (C=O) groups is 1. The number of aliphatic hydroxyl groups excluding tert-OH is 1. The lowest BCUT2D eigenvalue weighted by molar-refractivity contribution is 0.0976. The first-order valence-electron chi connectivity index (χ1n) is 8.24. The van der Waals surface area contributed by atoms with Gasteiger partial charge in [-0.25, -0.2) is 0 Å². The number of carbonyl (C=O) groups excluding carboxylic acids is 1. The first-order chi connectivity index (χ1) is 12.3. The molecular weight excluding hydrogens is 308 g/mol. The van der Waals surface area contributed by atoms with E-state index in [2.05, 4.69) is 24.3 Å². The zero-order chi connectivity index (χ0) is 17.0. The first kappa shape index (κ1) is 14.0. The van der Waals surface area contributed by atoms with Gasteiger partial charge in [-0.3, -0.25) is 4.79 Å². The molecular formula is C23H14O2. The summed E-state index contributed by atoms with van der Waals surface area (Å²) in [6.45, 7) is 0. The summed E-state index contributed by atoms with van der Waals surface area (Å²) in [5, 5.41) is 10.2. The van der Waals surface area contributed by atoms with Crippen molar-refractivity contribution in [1.29, 1.82) is 0 Å². The lowest BCUT2D eigenvalue weighted by Crippen LogP contribution is -2.12. The molecule has 0 bridgehead atoms. The van der Waals surface area contributed by atoms with Crippen molar-refractivity contribution in [2.24, 2.45) is 0 Å². The second kappa shape index (κ2) is 5.05. The maximum absolute atomic E-state index is 12.3. The van der Waals surface area contributed by atoms with Crippen molar-refractivity contribution < 1.29 is 9.90 Å². The van der Waals surface area contributed by atoms with Gasteiger partial charge in [0.1, 0.15) is 0 Å². The molecule has 5 rings (SSSR count). The minimum atomic E-state index is -0.320. The lowest BCUT2D eigenvalue weighted by atomic mass is 9.85. The maximum Gasteiger partial charge on any atom is 0.227 e. The molecule has 1 N–H and O–H groups in total. The summed E-state index contributed by atoms with van der Waals surface area (Å²) in [4.78, 5) is 12.3. The normalized spacial score (nSPS) is 14.7. The topological polar surface area (TPSA) is 37.3 Å². The smallest absolute Gasteiger partial charge is 0.227 e. The van der Waals surface area contributed by atoms with E-state index < -0.39 is 0 Å². The summed E-state index contributed by atoms with van der Waals surface area (Å²) in [5.74, 6) is -0.525. The van der Waals surface area contributed by atoms with Crippen LogP contribution in [-0.2, 0) is 0 Å². The van der Waals surface area contributed by atoms with Crippen LogP contribution in [0, 0.1) is 0 Å². The molecule has 0 heterocycles. The molecule has 0 radical (unpaired) electrons. The van der Waals surface area contributed by atoms with Gasteiger partial charge in [-0.05, 0) is 45.0 Å². The Morgan fingerprint density at radius 3 is 1.56 bits per heavy atom. The van der Waals surface area contributed by atoms with Crippen LogP contribution in [0.3, 0.4) is 0 Å². The predicted molar refractivity (Wildman–Crippen MR) is 99.3 cm³/mol. The third-order valence-corrected chi connectivity index (χ3v) is 4.93. The van der Waals surface area contributed by atoms with Gasteiger partial charge in [0.25, 0.3) is 0 Å². The molecule has 0 amide bonds. The van der Waals surface area contributed by atoms with Gasteiger partial charge in [-0.2, -0.15) is 0 Å². The fourth-order valence-corrected chi connectivity index (χ4v) is 3.85. The minimum absolute atomic E-state index is 0.205. The van der Waals surface area contributed by atoms with E-state index in [0.29, 0.717) is 5.56 Å². The molecule has 0 saturated carbocycles. The number of Topliss-reactive ketones (excluding diaryl/α,β-unsaturated/α-hetero) is 1. The van der Waals surface area contributed by atoms with Crippen molar-refractivity contribution in [2.45, 2.75) is 0 Å². The number of rotatable bonds is 0. The van der Waals surface area contributed by atoms with Crippen LogP contribution in [0.15, 0.2) is 84.6 Å². The van der Waals surface area contributed by atoms with Gasteiger partial charge >= 0.3 is 0 Å². The van der Waals surface area contributed by atoms with E-state index in [-0.39, 0.29) is 11.5 Å². The SMILES string of the molecule is O=C1C(O)=CC(=C2c3ccccc3-c3ccccc32)c2ccccc21. The standard InChI is InChI=1S/C23H14O2/c24-21-13-20(16-9-3-6-12-19(16)23(21)25)22-17-10-4-1-7-14(17)15-8-2-5-11-18(15)22/h1-13,24H. The Labute approximate surface area is 145 Å². The van der Waals surface area contributed by atoms with Gasteiger partial charge in [0.2, 0.25) is 5.78 Å². The summed E-state index contributed by atoms with van der Waals surface area (Å²) >= 11 is 0. The molecule has 2 nitrogen and oxygen atoms in total. The maximum atomic E-state index is 12.3. The van der Waals surface area contributed by atoms with Crippen LogP contribution in [-0.4, -0.2) is 10.9 Å². The van der Waals surface area contributed by atoms with Gasteiger partial charge in [0, 0.05) is 5.56 Å². The fraction of sp³-hybridized carbons (Fsp3) is 0. The number of ketones is 1. The van der Waals surface area contributed by atoms with E-state index in [9.17, 15) is 9.90 Å². The fourth-order valence-electron chi connectivity index (χ4n) is 3.85. The van der Waals surface area contributed by atoms with Crippen molar-refractivity contribution in [3.8, 4) is 11.1 Å². The molecule has 25 heavy (non-hydrogen) atoms. The Balaban J connectivity index is 1.93. The van der Waals surface area contributed by atoms with E-state index in [1.165, 1.54) is 11.1 Å². The molecule has 2 aliphatic rings. The van der Waals surface area contributed by atoms with Crippen molar-refractivity contribution in [3.63, 3.8) is 0 Å². The largest absolute Gasteiger partial charge is 0.504 e. The van der Waals surface area contributed by atoms with Crippen LogP contribution in [0.2, 0.25) is 0 Å². The Hall–Kier alpha value is -3.39. The highest BCUT2D eigenvalue weighted by Crippen LogP contribution is 2.48. The molecule has 0 fully saturated rings. The second-order valence-electron chi connectivity index (χ2n) is 6.28. The number of hydrogen-bond acceptors (Lipinski definition) is 2. The van der Waals surface area contributed by atoms with Crippen LogP contribution in [0.5, 0.6) is 0 Å². The van der Waals surface area contributed by atoms with Gasteiger partial charge in [-0.1, -0.05) is 72.8 Å². The highest BCUT2D eigenvalue weighted by Gasteiger charge is 2.30. The Morgan fingerprint density at radius 2 is 1.00 bits per heavy atom. The van der Waals surface area contributed by atoms with Crippen LogP contribution in [0.4, 0.5) is 0 Å². The molecule has 2 aliphatic carbocycles. The molecule has 0 atom stereocenters. The third-order valence-electron chi connectivity index (χ3n) is 4.93. The predicted octanol–water partition coefficient (Wildman–Crippen LogP) is 5.26. The molecule has 118 valence electrons. The lowest BCUT2D eigenvalue weighted by Gasteiger charge is -2.18. The zero-order valence-corrected chi connectivity index (χ0v) is 13.4. The minimum Gasteiger partial charge on any atom is -0.504 e. The van der Waals surface area contributed by atoms with Gasteiger partial charge in [0.05, 0.1) is 0 Å². The first-order valence-corrected chi connectivity index (χ1v) is 8.24. The van der Waals surface area contributed by atoms with Gasteiger partial charge in [0.15, 0.2) is 5.76 Å². The van der Waals surface area contributed by atoms with Crippen molar-refractivity contribution in [2.75, 3.05) is 0 Å². The molecule has 0 aliphatic heterocycles. The second-order valence-corrected chi connectivity index (χ2v) is 6.28. The van der Waals surface area contributed by atoms with Crippen molar-refractivity contribution in [3.05, 3.63) is 107 Å². The number of aliphatic hydroxyl groups is 1. The number of benzene rings is 3. The molecule has 2 heteroatoms. The molecule has 0 spiro atoms. The van der Waals surface area contributed by atoms with E-state index in [1.807, 2.05) is 42.5 Å². The van der Waals surface area contributed by atoms with E-state index in [4.69, 9.17) is 0 Å². The zero-order valence-electron chi connectivity index (χ0n) is 13.4. The number of fused-ring (bicyclic) bond motifs is 4. The molecule has 0 aromatic heterocycles. The van der Waals surface area contributed by atoms with Crippen LogP contribution in [0.25, 0.3) is 22.3 Å². The average Bonchev–Trinajstić information content (AvgIpc) is 2.99. The Bertz CT molecular complexity index is 1070. The van der Waals surface area contributed by atoms with E-state index >= 15 is 0 Å². The van der Waals surface area contributed by atoms with Crippen molar-refractivity contribution in [1.82, 2.24) is 0 Å². The summed E-state index contributed by atoms with van der Waals surface area (Å²) in [7, 11) is 0. The highest BCUT2D eigenvalue weighted by molar-refractivity contribution is 6.21. The van der Waals surface area contributed by atoms with Gasteiger partial charge < -0.3 is 5.11 Å². The summed E-state index contributed by atoms with van der Waals surface area (Å²) < 4.78 is 0. The number of allylic oxidation sites excluding steroid dienone is 3. The summed E-state index contributed by atoms with van der Waals surface area (Å²) in [6.07, 6.45) is 1.61. The summed E-state index contributed by atoms with van der Waals surface area (Å²) in [5.41, 5.74) is 8.01. The highest BCUT2D eigenvalue weighted by atomic mass is 16.3. The van der Waals surface area contributed by atoms with E-state index in [1.54, 1.807) is 12.1 Å². The molecule has 0 saturated heterocycles. The van der Waals surface area contributed by atoms with E-state index in [0.717, 1.165) is 27.8 Å². The molecule has 0 unspecified atom stereocenters. The van der Waals surface area contributed by atoms with Crippen molar-refractivity contribution >= 4 is 16.9 Å².